The molecule has 6 heteroatoms. The first-order valence-electron chi connectivity index (χ1n) is 3.81. The molecule has 0 aromatic carbocycles. The Morgan fingerprint density at radius 2 is 2.00 bits per heavy atom. The highest BCUT2D eigenvalue weighted by Crippen LogP contribution is 2.14. The minimum Gasteiger partial charge on any atom is -0.440 e. The number of carbonyl (C=O) groups excluding carboxylic acids is 1. The average Bonchev–Trinajstić information content (AvgIpc) is 1.97. The molecular weight excluding hydrogens is 199 g/mol. The zero-order valence-electron chi connectivity index (χ0n) is 8.02. The molecule has 0 saturated carbocycles. The lowest BCUT2D eigenvalue weighted by atomic mass is 10.3. The van der Waals surface area contributed by atoms with Crippen molar-refractivity contribution < 1.29 is 22.7 Å². The molecule has 3 nitrogen and oxygen atoms in total. The molecule has 0 aromatic rings. The highest BCUT2D eigenvalue weighted by Gasteiger charge is 2.30. The summed E-state index contributed by atoms with van der Waals surface area (Å²) in [6.45, 7) is 3.79. The lowest BCUT2D eigenvalue weighted by Crippen LogP contribution is -2.31. The van der Waals surface area contributed by atoms with Gasteiger partial charge in [0.1, 0.15) is 0 Å². The second-order valence-electron chi connectivity index (χ2n) is 2.98. The molecule has 1 amide bonds. The van der Waals surface area contributed by atoms with Crippen LogP contribution in [0.4, 0.5) is 18.0 Å². The predicted octanol–water partition coefficient (Wildman–Crippen LogP) is 2.19. The van der Waals surface area contributed by atoms with Gasteiger partial charge in [0.15, 0.2) is 6.61 Å². The maximum Gasteiger partial charge on any atom is 0.422 e. The number of nitrogens with zero attached hydrogens (tertiary/aromatic N) is 1. The molecule has 0 atom stereocenters. The minimum atomic E-state index is -4.49. The third-order valence-electron chi connectivity index (χ3n) is 1.18. The average molecular weight is 211 g/mol. The van der Waals surface area contributed by atoms with Gasteiger partial charge in [0.05, 0.1) is 0 Å². The third kappa shape index (κ3) is 6.33. The maximum atomic E-state index is 11.6. The molecule has 0 unspecified atom stereocenters. The molecule has 0 aliphatic carbocycles. The van der Waals surface area contributed by atoms with E-state index in [1.54, 1.807) is 6.92 Å². The molecule has 82 valence electrons. The number of alkyl halides is 3. The van der Waals surface area contributed by atoms with Crippen LogP contribution in [0.2, 0.25) is 0 Å². The first kappa shape index (κ1) is 12.8. The van der Waals surface area contributed by atoms with Crippen molar-refractivity contribution in [1.29, 1.82) is 0 Å². The number of likely N-dealkylation sites (N-methyl/N-ethyl adjacent to an activating group) is 1. The largest absolute Gasteiger partial charge is 0.440 e. The second-order valence-corrected chi connectivity index (χ2v) is 2.98. The molecule has 0 aliphatic heterocycles. The quantitative estimate of drug-likeness (QED) is 0.669. The normalized spacial score (nSPS) is 10.9. The summed E-state index contributed by atoms with van der Waals surface area (Å²) >= 11 is 0. The van der Waals surface area contributed by atoms with E-state index in [-0.39, 0.29) is 6.54 Å². The summed E-state index contributed by atoms with van der Waals surface area (Å²) in [5.74, 6) is 0. The smallest absolute Gasteiger partial charge is 0.422 e. The van der Waals surface area contributed by atoms with Gasteiger partial charge in [0.25, 0.3) is 0 Å². The summed E-state index contributed by atoms with van der Waals surface area (Å²) in [7, 11) is 1.34. The van der Waals surface area contributed by atoms with Gasteiger partial charge in [-0.05, 0) is 6.92 Å². The summed E-state index contributed by atoms with van der Waals surface area (Å²) in [5.41, 5.74) is 0.663. The molecular formula is C8H12F3NO2. The Bertz CT molecular complexity index is 225. The van der Waals surface area contributed by atoms with Gasteiger partial charge in [0, 0.05) is 13.6 Å². The highest BCUT2D eigenvalue weighted by molar-refractivity contribution is 5.67. The number of rotatable bonds is 3. The van der Waals surface area contributed by atoms with Crippen LogP contribution in [0.3, 0.4) is 0 Å². The van der Waals surface area contributed by atoms with E-state index < -0.39 is 18.9 Å². The molecule has 0 fully saturated rings. The summed E-state index contributed by atoms with van der Waals surface area (Å²) in [6, 6.07) is 0. The molecule has 0 spiro atoms. The molecule has 0 bridgehead atoms. The minimum absolute atomic E-state index is 0.177. The van der Waals surface area contributed by atoms with Gasteiger partial charge in [-0.1, -0.05) is 12.2 Å². The van der Waals surface area contributed by atoms with Gasteiger partial charge in [-0.15, -0.1) is 0 Å². The molecule has 0 rings (SSSR count). The summed E-state index contributed by atoms with van der Waals surface area (Å²) in [4.78, 5) is 11.9. The van der Waals surface area contributed by atoms with Crippen LogP contribution in [0.25, 0.3) is 0 Å². The topological polar surface area (TPSA) is 29.5 Å². The van der Waals surface area contributed by atoms with Crippen molar-refractivity contribution in [2.75, 3.05) is 20.2 Å². The monoisotopic (exact) mass is 211 g/mol. The van der Waals surface area contributed by atoms with Gasteiger partial charge in [-0.3, -0.25) is 0 Å². The van der Waals surface area contributed by atoms with Crippen LogP contribution in [0.5, 0.6) is 0 Å². The lowest BCUT2D eigenvalue weighted by molar-refractivity contribution is -0.162. The van der Waals surface area contributed by atoms with Gasteiger partial charge in [-0.2, -0.15) is 13.2 Å². The van der Waals surface area contributed by atoms with Crippen molar-refractivity contribution in [3.8, 4) is 0 Å². The summed E-state index contributed by atoms with van der Waals surface area (Å²) < 4.78 is 38.9. The zero-order chi connectivity index (χ0) is 11.4. The Kier molecular flexibility index (Phi) is 4.46. The summed E-state index contributed by atoms with van der Waals surface area (Å²) in [5, 5.41) is 0. The Morgan fingerprint density at radius 1 is 1.50 bits per heavy atom. The number of ether oxygens (including phenoxy) is 1. The molecule has 0 saturated heterocycles. The van der Waals surface area contributed by atoms with Crippen molar-refractivity contribution in [3.05, 3.63) is 12.2 Å². The SMILES string of the molecule is C=C(C)CN(C)C(=O)OCC(F)(F)F. The van der Waals surface area contributed by atoms with E-state index in [0.29, 0.717) is 5.57 Å². The third-order valence-corrected chi connectivity index (χ3v) is 1.18. The van der Waals surface area contributed by atoms with Gasteiger partial charge in [0.2, 0.25) is 0 Å². The van der Waals surface area contributed by atoms with Crippen LogP contribution in [0.1, 0.15) is 6.92 Å². The van der Waals surface area contributed by atoms with Crippen molar-refractivity contribution in [2.45, 2.75) is 13.1 Å². The van der Waals surface area contributed by atoms with E-state index in [2.05, 4.69) is 11.3 Å². The van der Waals surface area contributed by atoms with Crippen LogP contribution in [-0.4, -0.2) is 37.4 Å². The van der Waals surface area contributed by atoms with Crippen LogP contribution in [0, 0.1) is 0 Å². The van der Waals surface area contributed by atoms with E-state index in [1.807, 2.05) is 0 Å². The summed E-state index contributed by atoms with van der Waals surface area (Å²) in [6.07, 6.45) is -5.50. The van der Waals surface area contributed by atoms with Gasteiger partial charge < -0.3 is 9.64 Å². The number of halogens is 3. The van der Waals surface area contributed by atoms with Crippen molar-refractivity contribution in [1.82, 2.24) is 4.90 Å². The number of carbonyl (C=O) groups is 1. The van der Waals surface area contributed by atoms with Crippen LogP contribution in [0.15, 0.2) is 12.2 Å². The van der Waals surface area contributed by atoms with Crippen LogP contribution in [-0.2, 0) is 4.74 Å². The number of hydrogen-bond acceptors (Lipinski definition) is 2. The molecule has 0 N–H and O–H groups in total. The highest BCUT2D eigenvalue weighted by atomic mass is 19.4. The van der Waals surface area contributed by atoms with Crippen molar-refractivity contribution in [3.63, 3.8) is 0 Å². The van der Waals surface area contributed by atoms with Crippen LogP contribution < -0.4 is 0 Å². The van der Waals surface area contributed by atoms with Crippen molar-refractivity contribution >= 4 is 6.09 Å². The Labute approximate surface area is 80.1 Å². The van der Waals surface area contributed by atoms with E-state index in [9.17, 15) is 18.0 Å². The number of amides is 1. The van der Waals surface area contributed by atoms with Gasteiger partial charge >= 0.3 is 12.3 Å². The standard InChI is InChI=1S/C8H12F3NO2/c1-6(2)4-12(3)7(13)14-5-8(9,10)11/h1,4-5H2,2-3H3. The number of hydrogen-bond donors (Lipinski definition) is 0. The van der Waals surface area contributed by atoms with E-state index in [4.69, 9.17) is 0 Å². The van der Waals surface area contributed by atoms with E-state index in [0.717, 1.165) is 4.90 Å². The fourth-order valence-corrected chi connectivity index (χ4v) is 0.723. The predicted molar refractivity (Wildman–Crippen MR) is 44.8 cm³/mol. The lowest BCUT2D eigenvalue weighted by Gasteiger charge is -2.17. The van der Waals surface area contributed by atoms with E-state index in [1.165, 1.54) is 7.05 Å². The molecule has 0 aromatic heterocycles. The second kappa shape index (κ2) is 4.88. The molecule has 0 aliphatic rings. The Morgan fingerprint density at radius 3 is 2.36 bits per heavy atom. The molecule has 14 heavy (non-hydrogen) atoms. The zero-order valence-corrected chi connectivity index (χ0v) is 8.02. The molecule has 0 radical (unpaired) electrons. The fourth-order valence-electron chi connectivity index (χ4n) is 0.723. The van der Waals surface area contributed by atoms with Gasteiger partial charge in [-0.25, -0.2) is 4.79 Å². The maximum absolute atomic E-state index is 11.6. The van der Waals surface area contributed by atoms with E-state index >= 15 is 0 Å². The first-order valence-corrected chi connectivity index (χ1v) is 3.81. The Balaban J connectivity index is 3.91. The van der Waals surface area contributed by atoms with Crippen molar-refractivity contribution in [2.24, 2.45) is 0 Å². The van der Waals surface area contributed by atoms with Crippen LogP contribution >= 0.6 is 0 Å². The Hall–Kier alpha value is -1.20. The molecule has 0 heterocycles. The fraction of sp³-hybridized carbons (Fsp3) is 0.625. The first-order chi connectivity index (χ1) is 6.22.